The zero-order valence-corrected chi connectivity index (χ0v) is 10.1. The second-order valence-corrected chi connectivity index (χ2v) is 4.73. The van der Waals surface area contributed by atoms with Gasteiger partial charge in [0.05, 0.1) is 18.7 Å². The summed E-state index contributed by atoms with van der Waals surface area (Å²) in [4.78, 5) is 13.2. The molecule has 1 aliphatic heterocycles. The second-order valence-electron chi connectivity index (χ2n) is 4.73. The highest BCUT2D eigenvalue weighted by Gasteiger charge is 2.43. The number of benzene rings is 1. The Bertz CT molecular complexity index is 450. The maximum atomic E-state index is 13.4. The predicted octanol–water partition coefficient (Wildman–Crippen LogP) is 1.95. The molecule has 1 heterocycles. The molecule has 1 aromatic rings. The van der Waals surface area contributed by atoms with Gasteiger partial charge < -0.3 is 10.0 Å². The van der Waals surface area contributed by atoms with Crippen molar-refractivity contribution in [1.29, 1.82) is 0 Å². The van der Waals surface area contributed by atoms with Crippen molar-refractivity contribution in [2.75, 3.05) is 13.1 Å². The quantitative estimate of drug-likeness (QED) is 0.896. The molecular formula is C13H15F2NO2. The second kappa shape index (κ2) is 4.65. The van der Waals surface area contributed by atoms with E-state index in [0.717, 1.165) is 18.6 Å². The monoisotopic (exact) mass is 255 g/mol. The summed E-state index contributed by atoms with van der Waals surface area (Å²) in [5, 5.41) is 9.93. The van der Waals surface area contributed by atoms with Crippen molar-refractivity contribution in [3.05, 3.63) is 35.4 Å². The Morgan fingerprint density at radius 3 is 2.44 bits per heavy atom. The number of nitrogens with zero attached hydrogens (tertiary/aromatic N) is 1. The van der Waals surface area contributed by atoms with Crippen molar-refractivity contribution in [2.24, 2.45) is 0 Å². The van der Waals surface area contributed by atoms with E-state index in [0.29, 0.717) is 6.42 Å². The molecule has 1 fully saturated rings. The van der Waals surface area contributed by atoms with Crippen LogP contribution < -0.4 is 0 Å². The molecule has 0 bridgehead atoms. The molecule has 1 aromatic carbocycles. The van der Waals surface area contributed by atoms with E-state index >= 15 is 0 Å². The van der Waals surface area contributed by atoms with E-state index in [-0.39, 0.29) is 13.1 Å². The molecule has 1 saturated heterocycles. The molecule has 5 heteroatoms. The molecule has 98 valence electrons. The van der Waals surface area contributed by atoms with Crippen molar-refractivity contribution < 1.29 is 18.7 Å². The van der Waals surface area contributed by atoms with Crippen LogP contribution in [0.4, 0.5) is 8.78 Å². The third-order valence-corrected chi connectivity index (χ3v) is 3.15. The number of β-amino-alcohol motifs (C(OH)–C–C–N with tert-alkyl or cyclic N) is 1. The summed E-state index contributed by atoms with van der Waals surface area (Å²) >= 11 is 0. The molecule has 0 saturated carbocycles. The van der Waals surface area contributed by atoms with Gasteiger partial charge in [0.15, 0.2) is 0 Å². The lowest BCUT2D eigenvalue weighted by atomic mass is 9.88. The van der Waals surface area contributed by atoms with Gasteiger partial charge in [0.25, 0.3) is 5.91 Å². The number of amides is 1. The Morgan fingerprint density at radius 1 is 1.39 bits per heavy atom. The molecule has 0 aromatic heterocycles. The minimum atomic E-state index is -0.897. The van der Waals surface area contributed by atoms with Gasteiger partial charge in [-0.1, -0.05) is 19.4 Å². The molecule has 3 nitrogen and oxygen atoms in total. The van der Waals surface area contributed by atoms with Gasteiger partial charge in [0.1, 0.15) is 17.2 Å². The number of hydrogen-bond acceptors (Lipinski definition) is 2. The molecule has 1 N–H and O–H groups in total. The molecule has 1 aliphatic rings. The lowest BCUT2D eigenvalue weighted by Gasteiger charge is -2.46. The minimum absolute atomic E-state index is 0.132. The van der Waals surface area contributed by atoms with Gasteiger partial charge >= 0.3 is 0 Å². The Hall–Kier alpha value is -1.49. The first kappa shape index (κ1) is 13.0. The highest BCUT2D eigenvalue weighted by atomic mass is 19.1. The zero-order valence-electron chi connectivity index (χ0n) is 10.1. The van der Waals surface area contributed by atoms with Gasteiger partial charge in [-0.25, -0.2) is 8.78 Å². The van der Waals surface area contributed by atoms with Crippen LogP contribution >= 0.6 is 0 Å². The predicted molar refractivity (Wildman–Crippen MR) is 62.1 cm³/mol. The van der Waals surface area contributed by atoms with E-state index in [4.69, 9.17) is 0 Å². The summed E-state index contributed by atoms with van der Waals surface area (Å²) in [6, 6.07) is 3.31. The maximum absolute atomic E-state index is 13.4. The summed E-state index contributed by atoms with van der Waals surface area (Å²) in [7, 11) is 0. The summed E-state index contributed by atoms with van der Waals surface area (Å²) in [5.74, 6) is -2.44. The van der Waals surface area contributed by atoms with Crippen molar-refractivity contribution >= 4 is 5.91 Å². The number of carbonyl (C=O) groups is 1. The van der Waals surface area contributed by atoms with Crippen LogP contribution in [-0.2, 0) is 0 Å². The van der Waals surface area contributed by atoms with E-state index in [1.807, 2.05) is 6.92 Å². The smallest absolute Gasteiger partial charge is 0.260 e. The number of halogens is 2. The van der Waals surface area contributed by atoms with Gasteiger partial charge in [0, 0.05) is 0 Å². The summed E-state index contributed by atoms with van der Waals surface area (Å²) in [5.41, 5.74) is -1.44. The van der Waals surface area contributed by atoms with Crippen molar-refractivity contribution in [1.82, 2.24) is 4.90 Å². The van der Waals surface area contributed by atoms with Crippen molar-refractivity contribution in [3.8, 4) is 0 Å². The SMILES string of the molecule is CCCC1(O)CN(C(=O)c2c(F)cccc2F)C1. The Balaban J connectivity index is 2.11. The van der Waals surface area contributed by atoms with Crippen LogP contribution in [0.5, 0.6) is 0 Å². The molecular weight excluding hydrogens is 240 g/mol. The van der Waals surface area contributed by atoms with Crippen LogP contribution in [0.25, 0.3) is 0 Å². The maximum Gasteiger partial charge on any atom is 0.260 e. The molecule has 0 aliphatic carbocycles. The number of aliphatic hydroxyl groups is 1. The molecule has 0 radical (unpaired) electrons. The fourth-order valence-electron chi connectivity index (χ4n) is 2.29. The topological polar surface area (TPSA) is 40.5 Å². The highest BCUT2D eigenvalue weighted by Crippen LogP contribution is 2.28. The minimum Gasteiger partial charge on any atom is -0.386 e. The van der Waals surface area contributed by atoms with Crippen LogP contribution in [0.2, 0.25) is 0 Å². The normalized spacial score (nSPS) is 17.4. The number of carbonyl (C=O) groups excluding carboxylic acids is 1. The summed E-state index contributed by atoms with van der Waals surface area (Å²) in [6.45, 7) is 2.19. The largest absolute Gasteiger partial charge is 0.386 e. The molecule has 18 heavy (non-hydrogen) atoms. The molecule has 1 amide bonds. The fourth-order valence-corrected chi connectivity index (χ4v) is 2.29. The first-order valence-electron chi connectivity index (χ1n) is 5.92. The first-order chi connectivity index (χ1) is 8.47. The van der Waals surface area contributed by atoms with Gasteiger partial charge in [-0.3, -0.25) is 4.79 Å². The van der Waals surface area contributed by atoms with Crippen LogP contribution in [0.1, 0.15) is 30.1 Å². The van der Waals surface area contributed by atoms with Crippen molar-refractivity contribution in [3.63, 3.8) is 0 Å². The van der Waals surface area contributed by atoms with Gasteiger partial charge in [0.2, 0.25) is 0 Å². The Kier molecular flexibility index (Phi) is 3.34. The first-order valence-corrected chi connectivity index (χ1v) is 5.92. The van der Waals surface area contributed by atoms with E-state index in [1.54, 1.807) is 0 Å². The van der Waals surface area contributed by atoms with E-state index in [9.17, 15) is 18.7 Å². The van der Waals surface area contributed by atoms with Gasteiger partial charge in [-0.2, -0.15) is 0 Å². The third kappa shape index (κ3) is 2.22. The standard InChI is InChI=1S/C13H15F2NO2/c1-2-6-13(18)7-16(8-13)12(17)11-9(14)4-3-5-10(11)15/h3-5,18H,2,6-8H2,1H3. The van der Waals surface area contributed by atoms with Crippen LogP contribution in [0.15, 0.2) is 18.2 Å². The van der Waals surface area contributed by atoms with Crippen LogP contribution in [0.3, 0.4) is 0 Å². The molecule has 2 rings (SSSR count). The number of likely N-dealkylation sites (tertiary alicyclic amines) is 1. The van der Waals surface area contributed by atoms with Gasteiger partial charge in [-0.05, 0) is 18.6 Å². The highest BCUT2D eigenvalue weighted by molar-refractivity contribution is 5.95. The molecule has 0 spiro atoms. The van der Waals surface area contributed by atoms with E-state index < -0.39 is 28.7 Å². The van der Waals surface area contributed by atoms with E-state index in [1.165, 1.54) is 11.0 Å². The van der Waals surface area contributed by atoms with E-state index in [2.05, 4.69) is 0 Å². The average molecular weight is 255 g/mol. The fraction of sp³-hybridized carbons (Fsp3) is 0.462. The molecule has 0 unspecified atom stereocenters. The van der Waals surface area contributed by atoms with Gasteiger partial charge in [-0.15, -0.1) is 0 Å². The van der Waals surface area contributed by atoms with Crippen LogP contribution in [-0.4, -0.2) is 34.6 Å². The summed E-state index contributed by atoms with van der Waals surface area (Å²) in [6.07, 6.45) is 1.38. The van der Waals surface area contributed by atoms with Crippen LogP contribution in [0, 0.1) is 11.6 Å². The zero-order chi connectivity index (χ0) is 13.3. The number of rotatable bonds is 3. The number of hydrogen-bond donors (Lipinski definition) is 1. The molecule has 0 atom stereocenters. The third-order valence-electron chi connectivity index (χ3n) is 3.15. The lowest BCUT2D eigenvalue weighted by Crippen LogP contribution is -2.63. The average Bonchev–Trinajstić information content (AvgIpc) is 2.25. The van der Waals surface area contributed by atoms with Crippen molar-refractivity contribution in [2.45, 2.75) is 25.4 Å². The Labute approximate surface area is 104 Å². The summed E-state index contributed by atoms with van der Waals surface area (Å²) < 4.78 is 26.8. The Morgan fingerprint density at radius 2 is 1.94 bits per heavy atom. The lowest BCUT2D eigenvalue weighted by molar-refractivity contribution is -0.0862.